The molecule has 0 aromatic heterocycles. The average Bonchev–Trinajstić information content (AvgIpc) is 2.13. The molecule has 0 aliphatic heterocycles. The Labute approximate surface area is 124 Å². The van der Waals surface area contributed by atoms with Gasteiger partial charge in [-0.15, -0.1) is 11.5 Å². The van der Waals surface area contributed by atoms with Crippen molar-refractivity contribution in [2.45, 2.75) is 26.2 Å². The van der Waals surface area contributed by atoms with Crippen LogP contribution in [0.15, 0.2) is 23.7 Å². The average molecular weight is 333 g/mol. The van der Waals surface area contributed by atoms with E-state index in [1.54, 1.807) is 0 Å². The minimum atomic E-state index is -4.92. The van der Waals surface area contributed by atoms with Crippen molar-refractivity contribution < 1.29 is 51.6 Å². The van der Waals surface area contributed by atoms with E-state index in [0.717, 1.165) is 13.8 Å². The summed E-state index contributed by atoms with van der Waals surface area (Å²) in [6.07, 6.45) is -9.82. The number of alkyl halides is 6. The molecular formula is C10H10BeF6O5. The van der Waals surface area contributed by atoms with E-state index in [4.69, 9.17) is 0 Å². The molecule has 0 radical (unpaired) electrons. The predicted octanol–water partition coefficient (Wildman–Crippen LogP) is -0.442. The van der Waals surface area contributed by atoms with Crippen LogP contribution < -0.4 is 10.2 Å². The van der Waals surface area contributed by atoms with Gasteiger partial charge in [0.15, 0.2) is 0 Å². The Morgan fingerprint density at radius 3 is 1.00 bits per heavy atom. The van der Waals surface area contributed by atoms with E-state index in [9.17, 15) is 46.1 Å². The molecule has 0 unspecified atom stereocenters. The van der Waals surface area contributed by atoms with Gasteiger partial charge in [0.2, 0.25) is 0 Å². The Bertz CT molecular complexity index is 377. The first-order valence-electron chi connectivity index (χ1n) is 4.61. The first kappa shape index (κ1) is 28.3. The van der Waals surface area contributed by atoms with Crippen molar-refractivity contribution in [3.05, 3.63) is 23.7 Å². The summed E-state index contributed by atoms with van der Waals surface area (Å²) in [5.74, 6) is -6.02. The Hall–Kier alpha value is -1.87. The zero-order valence-electron chi connectivity index (χ0n) is 11.3. The smallest absolute Gasteiger partial charge is 0.876 e. The Morgan fingerprint density at radius 2 is 0.955 bits per heavy atom. The molecule has 0 atom stereocenters. The van der Waals surface area contributed by atoms with Crippen LogP contribution in [0.3, 0.4) is 0 Å². The van der Waals surface area contributed by atoms with Gasteiger partial charge in [-0.3, -0.25) is 9.59 Å². The van der Waals surface area contributed by atoms with Crippen LogP contribution in [-0.4, -0.2) is 39.5 Å². The van der Waals surface area contributed by atoms with Crippen LogP contribution in [0.2, 0.25) is 0 Å². The van der Waals surface area contributed by atoms with Crippen molar-refractivity contribution in [3.8, 4) is 0 Å². The summed E-state index contributed by atoms with van der Waals surface area (Å²) in [5, 5.41) is 19.8. The minimum Gasteiger partial charge on any atom is -0.876 e. The van der Waals surface area contributed by atoms with E-state index in [1.807, 2.05) is 0 Å². The van der Waals surface area contributed by atoms with Crippen molar-refractivity contribution in [2.24, 2.45) is 0 Å². The molecule has 0 heterocycles. The molecule has 0 saturated heterocycles. The van der Waals surface area contributed by atoms with Crippen molar-refractivity contribution in [3.63, 3.8) is 0 Å². The molecule has 0 fully saturated rings. The molecule has 2 N–H and O–H groups in total. The van der Waals surface area contributed by atoms with Gasteiger partial charge in [0, 0.05) is 0 Å². The molecule has 0 rings (SSSR count). The normalized spacial score (nSPS) is 12.2. The molecule has 0 aliphatic rings. The minimum absolute atomic E-state index is 0. The summed E-state index contributed by atoms with van der Waals surface area (Å²) in [6.45, 7) is 1.76. The first-order chi connectivity index (χ1) is 8.67. The van der Waals surface area contributed by atoms with Gasteiger partial charge in [-0.25, -0.2) is 0 Å². The molecule has 0 amide bonds. The zero-order chi connectivity index (χ0) is 16.7. The van der Waals surface area contributed by atoms with Crippen LogP contribution in [0.4, 0.5) is 26.3 Å². The van der Waals surface area contributed by atoms with E-state index in [1.165, 1.54) is 0 Å². The monoisotopic (exact) mass is 333 g/mol. The molecule has 0 aliphatic carbocycles. The molecular weight excluding hydrogens is 323 g/mol. The fourth-order valence-electron chi connectivity index (χ4n) is 0.533. The van der Waals surface area contributed by atoms with Crippen molar-refractivity contribution in [2.75, 3.05) is 0 Å². The first-order valence-corrected chi connectivity index (χ1v) is 4.61. The number of allylic oxidation sites excluding steroid dienone is 4. The number of carbonyl (C=O) groups is 2. The molecule has 0 bridgehead atoms. The van der Waals surface area contributed by atoms with Crippen LogP contribution in [-0.2, 0) is 9.59 Å². The summed E-state index contributed by atoms with van der Waals surface area (Å²) in [4.78, 5) is 19.7. The fourth-order valence-corrected chi connectivity index (χ4v) is 0.533. The zero-order valence-corrected chi connectivity index (χ0v) is 11.3. The number of hydrogen-bond acceptors (Lipinski definition) is 4. The Morgan fingerprint density at radius 1 is 0.773 bits per heavy atom. The van der Waals surface area contributed by atoms with Gasteiger partial charge in [-0.1, -0.05) is 13.8 Å². The third kappa shape index (κ3) is 16.2. The molecule has 0 aromatic carbocycles. The van der Waals surface area contributed by atoms with Crippen LogP contribution in [0.25, 0.3) is 0 Å². The largest absolute Gasteiger partial charge is 2.00 e. The maximum Gasteiger partial charge on any atom is 2.00 e. The number of carbonyl (C=O) groups excluding carboxylic acids is 2. The molecule has 124 valence electrons. The Balaban J connectivity index is -0.000000135. The predicted molar refractivity (Wildman–Crippen MR) is 59.0 cm³/mol. The molecule has 0 spiro atoms. The van der Waals surface area contributed by atoms with E-state index < -0.39 is 35.4 Å². The third-order valence-electron chi connectivity index (χ3n) is 1.23. The van der Waals surface area contributed by atoms with Gasteiger partial charge >= 0.3 is 22.5 Å². The van der Waals surface area contributed by atoms with Crippen LogP contribution >= 0.6 is 0 Å². The van der Waals surface area contributed by atoms with Gasteiger partial charge in [-0.2, -0.15) is 26.3 Å². The maximum absolute atomic E-state index is 11.3. The number of halogens is 6. The van der Waals surface area contributed by atoms with E-state index >= 15 is 0 Å². The fraction of sp³-hybridized carbons (Fsp3) is 0.400. The van der Waals surface area contributed by atoms with Gasteiger partial charge in [0.05, 0.1) is 0 Å². The van der Waals surface area contributed by atoms with Crippen LogP contribution in [0.1, 0.15) is 13.8 Å². The number of hydrogen-bond donors (Lipinski definition) is 0. The summed E-state index contributed by atoms with van der Waals surface area (Å²) in [5.41, 5.74) is 0. The van der Waals surface area contributed by atoms with Gasteiger partial charge in [-0.05, 0) is 12.2 Å². The SMILES string of the molecule is C/C([O-])=C/C(=O)C(F)(F)F.C/C([O-])=C/C(=O)C(F)(F)F.O.[Be+2]. The summed E-state index contributed by atoms with van der Waals surface area (Å²) >= 11 is 0. The van der Waals surface area contributed by atoms with Gasteiger partial charge < -0.3 is 15.7 Å². The molecule has 5 nitrogen and oxygen atoms in total. The van der Waals surface area contributed by atoms with E-state index in [2.05, 4.69) is 0 Å². The standard InChI is InChI=1S/2C5H5F3O2.Be.H2O/c2*1-3(9)2-4(10)5(6,7)8;;/h2*2,9H,1H3;;1H2/q;;+2;/p-2/b2*3-2-;;. The van der Waals surface area contributed by atoms with Crippen molar-refractivity contribution >= 4 is 21.7 Å². The topological polar surface area (TPSA) is 112 Å². The molecule has 0 saturated carbocycles. The molecule has 22 heavy (non-hydrogen) atoms. The summed E-state index contributed by atoms with van der Waals surface area (Å²) < 4.78 is 67.7. The second-order valence-electron chi connectivity index (χ2n) is 3.23. The van der Waals surface area contributed by atoms with Gasteiger partial charge in [0.1, 0.15) is 0 Å². The van der Waals surface area contributed by atoms with E-state index in [0.29, 0.717) is 0 Å². The van der Waals surface area contributed by atoms with Crippen molar-refractivity contribution in [1.29, 1.82) is 0 Å². The second-order valence-corrected chi connectivity index (χ2v) is 3.23. The number of ketones is 2. The summed E-state index contributed by atoms with van der Waals surface area (Å²) in [6, 6.07) is 0. The van der Waals surface area contributed by atoms with E-state index in [-0.39, 0.29) is 27.7 Å². The quantitative estimate of drug-likeness (QED) is 0.295. The van der Waals surface area contributed by atoms with Crippen molar-refractivity contribution in [1.82, 2.24) is 0 Å². The third-order valence-corrected chi connectivity index (χ3v) is 1.23. The maximum atomic E-state index is 11.3. The Kier molecular flexibility index (Phi) is 13.9. The molecule has 0 aromatic rings. The van der Waals surface area contributed by atoms with Crippen LogP contribution in [0.5, 0.6) is 0 Å². The second kappa shape index (κ2) is 10.8. The summed E-state index contributed by atoms with van der Waals surface area (Å²) in [7, 11) is 0. The van der Waals surface area contributed by atoms with Gasteiger partial charge in [0.25, 0.3) is 11.6 Å². The number of rotatable bonds is 2. The van der Waals surface area contributed by atoms with Crippen LogP contribution in [0, 0.1) is 0 Å². The molecule has 12 heteroatoms.